The van der Waals surface area contributed by atoms with Gasteiger partial charge in [0.15, 0.2) is 5.43 Å². The predicted molar refractivity (Wildman–Crippen MR) is 118 cm³/mol. The van der Waals surface area contributed by atoms with Crippen molar-refractivity contribution in [2.24, 2.45) is 0 Å². The van der Waals surface area contributed by atoms with Crippen LogP contribution < -0.4 is 16.1 Å². The summed E-state index contributed by atoms with van der Waals surface area (Å²) < 4.78 is 1.94. The molecular formula is C24H29N3O2. The molecule has 1 amide bonds. The molecule has 0 unspecified atom stereocenters. The van der Waals surface area contributed by atoms with Crippen LogP contribution in [0.3, 0.4) is 0 Å². The number of hydrogen-bond donors (Lipinski definition) is 2. The molecule has 5 heteroatoms. The lowest BCUT2D eigenvalue weighted by Gasteiger charge is -2.17. The maximum Gasteiger partial charge on any atom is 0.240 e. The number of carbonyl (C=O) groups is 1. The highest BCUT2D eigenvalue weighted by molar-refractivity contribution is 5.94. The Labute approximate surface area is 171 Å². The lowest BCUT2D eigenvalue weighted by atomic mass is 10.1. The number of nitrogens with zero attached hydrogens (tertiary/aromatic N) is 1. The van der Waals surface area contributed by atoms with Crippen LogP contribution in [0.5, 0.6) is 0 Å². The van der Waals surface area contributed by atoms with Gasteiger partial charge in [-0.2, -0.15) is 0 Å². The van der Waals surface area contributed by atoms with Crippen molar-refractivity contribution >= 4 is 27.7 Å². The predicted octanol–water partition coefficient (Wildman–Crippen LogP) is 3.58. The minimum absolute atomic E-state index is 0.0143. The van der Waals surface area contributed by atoms with Gasteiger partial charge >= 0.3 is 0 Å². The van der Waals surface area contributed by atoms with E-state index in [4.69, 9.17) is 0 Å². The van der Waals surface area contributed by atoms with Crippen LogP contribution >= 0.6 is 0 Å². The maximum absolute atomic E-state index is 12.8. The van der Waals surface area contributed by atoms with Crippen LogP contribution in [-0.2, 0) is 11.3 Å². The molecule has 2 N–H and O–H groups in total. The standard InChI is InChI=1S/C24H29N3O2/c28-23(26-16-15-25-18-9-3-1-2-4-10-18)17-27-21-13-7-5-11-19(21)24(29)20-12-6-8-14-22(20)27/h5-8,11-14,18,25H,1-4,9-10,15-17H2,(H,26,28). The molecule has 0 saturated heterocycles. The third kappa shape index (κ3) is 4.51. The van der Waals surface area contributed by atoms with Gasteiger partial charge in [-0.1, -0.05) is 49.9 Å². The topological polar surface area (TPSA) is 63.1 Å². The summed E-state index contributed by atoms with van der Waals surface area (Å²) >= 11 is 0. The van der Waals surface area contributed by atoms with Crippen molar-refractivity contribution < 1.29 is 4.79 Å². The second-order valence-corrected chi connectivity index (χ2v) is 7.94. The third-order valence-corrected chi connectivity index (χ3v) is 5.92. The Morgan fingerprint density at radius 1 is 0.862 bits per heavy atom. The van der Waals surface area contributed by atoms with Gasteiger partial charge in [-0.3, -0.25) is 9.59 Å². The van der Waals surface area contributed by atoms with Crippen LogP contribution in [0.15, 0.2) is 53.3 Å². The molecule has 29 heavy (non-hydrogen) atoms. The third-order valence-electron chi connectivity index (χ3n) is 5.92. The number of aromatic nitrogens is 1. The Morgan fingerprint density at radius 2 is 1.45 bits per heavy atom. The highest BCUT2D eigenvalue weighted by atomic mass is 16.2. The fourth-order valence-electron chi connectivity index (χ4n) is 4.41. The average molecular weight is 392 g/mol. The fourth-order valence-corrected chi connectivity index (χ4v) is 4.41. The Bertz CT molecular complexity index is 989. The van der Waals surface area contributed by atoms with E-state index in [1.165, 1.54) is 38.5 Å². The first kappa shape index (κ1) is 19.6. The fraction of sp³-hybridized carbons (Fsp3) is 0.417. The summed E-state index contributed by atoms with van der Waals surface area (Å²) in [6, 6.07) is 15.6. The Kier molecular flexibility index (Phi) is 6.25. The number of fused-ring (bicyclic) bond motifs is 2. The number of carbonyl (C=O) groups excluding carboxylic acids is 1. The molecule has 2 aromatic carbocycles. The Hall–Kier alpha value is -2.66. The maximum atomic E-state index is 12.8. The van der Waals surface area contributed by atoms with Crippen LogP contribution in [0.1, 0.15) is 38.5 Å². The number of benzene rings is 2. The largest absolute Gasteiger partial charge is 0.353 e. The smallest absolute Gasteiger partial charge is 0.240 e. The molecule has 5 nitrogen and oxygen atoms in total. The van der Waals surface area contributed by atoms with E-state index in [1.54, 1.807) is 0 Å². The zero-order valence-corrected chi connectivity index (χ0v) is 16.8. The molecule has 1 aliphatic rings. The number of para-hydroxylation sites is 2. The van der Waals surface area contributed by atoms with Gasteiger partial charge in [0.1, 0.15) is 6.54 Å². The van der Waals surface area contributed by atoms with Crippen LogP contribution in [0.2, 0.25) is 0 Å². The van der Waals surface area contributed by atoms with E-state index in [2.05, 4.69) is 10.6 Å². The molecular weight excluding hydrogens is 362 g/mol. The normalized spacial score (nSPS) is 15.4. The minimum Gasteiger partial charge on any atom is -0.353 e. The van der Waals surface area contributed by atoms with E-state index in [9.17, 15) is 9.59 Å². The van der Waals surface area contributed by atoms with E-state index >= 15 is 0 Å². The molecule has 0 radical (unpaired) electrons. The van der Waals surface area contributed by atoms with E-state index in [1.807, 2.05) is 53.1 Å². The van der Waals surface area contributed by atoms with Crippen molar-refractivity contribution in [3.05, 3.63) is 58.8 Å². The summed E-state index contributed by atoms with van der Waals surface area (Å²) in [5.41, 5.74) is 1.60. The number of nitrogens with one attached hydrogen (secondary N) is 2. The number of amides is 1. The van der Waals surface area contributed by atoms with Gasteiger partial charge in [0.25, 0.3) is 0 Å². The molecule has 1 heterocycles. The van der Waals surface area contributed by atoms with Gasteiger partial charge in [0, 0.05) is 29.9 Å². The van der Waals surface area contributed by atoms with Gasteiger partial charge < -0.3 is 15.2 Å². The summed E-state index contributed by atoms with van der Waals surface area (Å²) in [5.74, 6) is -0.0355. The van der Waals surface area contributed by atoms with Crippen LogP contribution in [0.4, 0.5) is 0 Å². The molecule has 3 aromatic rings. The molecule has 1 aromatic heterocycles. The highest BCUT2D eigenvalue weighted by Crippen LogP contribution is 2.19. The lowest BCUT2D eigenvalue weighted by molar-refractivity contribution is -0.121. The molecule has 4 rings (SSSR count). The van der Waals surface area contributed by atoms with Gasteiger partial charge in [0.2, 0.25) is 5.91 Å². The van der Waals surface area contributed by atoms with Crippen molar-refractivity contribution in [2.75, 3.05) is 13.1 Å². The van der Waals surface area contributed by atoms with Crippen molar-refractivity contribution in [3.63, 3.8) is 0 Å². The first-order valence-electron chi connectivity index (χ1n) is 10.7. The Balaban J connectivity index is 1.45. The second kappa shape index (κ2) is 9.23. The summed E-state index contributed by atoms with van der Waals surface area (Å²) in [7, 11) is 0. The number of hydrogen-bond acceptors (Lipinski definition) is 3. The van der Waals surface area contributed by atoms with Gasteiger partial charge in [-0.15, -0.1) is 0 Å². The number of rotatable bonds is 6. The van der Waals surface area contributed by atoms with E-state index in [-0.39, 0.29) is 17.9 Å². The summed E-state index contributed by atoms with van der Waals surface area (Å²) in [6.07, 6.45) is 7.77. The summed E-state index contributed by atoms with van der Waals surface area (Å²) in [5, 5.41) is 7.91. The lowest BCUT2D eigenvalue weighted by Crippen LogP contribution is -2.38. The zero-order valence-electron chi connectivity index (χ0n) is 16.8. The van der Waals surface area contributed by atoms with Crippen LogP contribution in [0, 0.1) is 0 Å². The molecule has 0 atom stereocenters. The van der Waals surface area contributed by atoms with E-state index in [0.29, 0.717) is 23.4 Å². The van der Waals surface area contributed by atoms with Crippen molar-refractivity contribution in [3.8, 4) is 0 Å². The highest BCUT2D eigenvalue weighted by Gasteiger charge is 2.13. The van der Waals surface area contributed by atoms with Crippen molar-refractivity contribution in [1.82, 2.24) is 15.2 Å². The van der Waals surface area contributed by atoms with Gasteiger partial charge in [-0.25, -0.2) is 0 Å². The molecule has 1 fully saturated rings. The SMILES string of the molecule is O=C(Cn1c2ccccc2c(=O)c2ccccc21)NCCNC1CCCCCC1. The van der Waals surface area contributed by atoms with E-state index in [0.717, 1.165) is 17.6 Å². The van der Waals surface area contributed by atoms with Crippen LogP contribution in [-0.4, -0.2) is 29.6 Å². The Morgan fingerprint density at radius 3 is 2.07 bits per heavy atom. The van der Waals surface area contributed by atoms with E-state index < -0.39 is 0 Å². The molecule has 152 valence electrons. The first-order chi connectivity index (χ1) is 14.2. The van der Waals surface area contributed by atoms with Crippen molar-refractivity contribution in [1.29, 1.82) is 0 Å². The van der Waals surface area contributed by atoms with Crippen LogP contribution in [0.25, 0.3) is 21.8 Å². The quantitative estimate of drug-likeness (QED) is 0.383. The molecule has 0 bridgehead atoms. The minimum atomic E-state index is -0.0355. The van der Waals surface area contributed by atoms with Gasteiger partial charge in [0.05, 0.1) is 11.0 Å². The van der Waals surface area contributed by atoms with Crippen molar-refractivity contribution in [2.45, 2.75) is 51.1 Å². The molecule has 0 spiro atoms. The zero-order chi connectivity index (χ0) is 20.1. The second-order valence-electron chi connectivity index (χ2n) is 7.94. The monoisotopic (exact) mass is 391 g/mol. The summed E-state index contributed by atoms with van der Waals surface area (Å²) in [4.78, 5) is 25.4. The average Bonchev–Trinajstić information content (AvgIpc) is 3.03. The van der Waals surface area contributed by atoms with Gasteiger partial charge in [-0.05, 0) is 37.1 Å². The first-order valence-corrected chi connectivity index (χ1v) is 10.7. The molecule has 1 saturated carbocycles. The number of pyridine rings is 1. The molecule has 0 aliphatic heterocycles. The molecule has 1 aliphatic carbocycles. The summed E-state index contributed by atoms with van der Waals surface area (Å²) in [6.45, 7) is 1.61.